The van der Waals surface area contributed by atoms with E-state index in [9.17, 15) is 13.2 Å². The van der Waals surface area contributed by atoms with Crippen LogP contribution in [0.25, 0.3) is 0 Å². The molecule has 0 bridgehead atoms. The van der Waals surface area contributed by atoms with Crippen LogP contribution in [0, 0.1) is 24.3 Å². The van der Waals surface area contributed by atoms with Gasteiger partial charge in [-0.3, -0.25) is 9.52 Å². The number of carbonyl (C=O) groups is 1. The second-order valence-corrected chi connectivity index (χ2v) is 9.74. The van der Waals surface area contributed by atoms with Gasteiger partial charge in [0.25, 0.3) is 15.9 Å². The Bertz CT molecular complexity index is 1170. The molecule has 1 amide bonds. The van der Waals surface area contributed by atoms with E-state index in [2.05, 4.69) is 32.6 Å². The Morgan fingerprint density at radius 1 is 0.793 bits per heavy atom. The molecule has 0 atom stereocenters. The third-order valence-electron chi connectivity index (χ3n) is 4.60. The van der Waals surface area contributed by atoms with Gasteiger partial charge in [0, 0.05) is 20.5 Å². The lowest BCUT2D eigenvalue weighted by atomic mass is 10.1. The molecule has 7 heteroatoms. The molecule has 3 rings (SSSR count). The molecule has 0 unspecified atom stereocenters. The molecule has 2 N–H and O–H groups in total. The molecule has 0 spiro atoms. The first-order valence-electron chi connectivity index (χ1n) is 8.93. The molecular formula is C22H21IN2O3S. The first-order valence-corrected chi connectivity index (χ1v) is 11.5. The maximum atomic E-state index is 12.9. The maximum absolute atomic E-state index is 12.9. The lowest BCUT2D eigenvalue weighted by molar-refractivity contribution is 0.102. The van der Waals surface area contributed by atoms with Gasteiger partial charge in [-0.2, -0.15) is 0 Å². The van der Waals surface area contributed by atoms with Gasteiger partial charge < -0.3 is 5.32 Å². The molecular weight excluding hydrogens is 499 g/mol. The molecule has 0 aliphatic heterocycles. The van der Waals surface area contributed by atoms with Crippen molar-refractivity contribution < 1.29 is 13.2 Å². The van der Waals surface area contributed by atoms with Crippen molar-refractivity contribution in [3.8, 4) is 0 Å². The summed E-state index contributed by atoms with van der Waals surface area (Å²) in [6.07, 6.45) is 0. The summed E-state index contributed by atoms with van der Waals surface area (Å²) in [6, 6.07) is 17.4. The number of benzene rings is 3. The van der Waals surface area contributed by atoms with Gasteiger partial charge in [0.2, 0.25) is 0 Å². The highest BCUT2D eigenvalue weighted by atomic mass is 127. The number of nitrogens with one attached hydrogen (secondary N) is 2. The van der Waals surface area contributed by atoms with Gasteiger partial charge in [-0.05, 0) is 109 Å². The van der Waals surface area contributed by atoms with E-state index < -0.39 is 10.0 Å². The quantitative estimate of drug-likeness (QED) is 0.451. The number of hydrogen-bond acceptors (Lipinski definition) is 3. The van der Waals surface area contributed by atoms with Crippen molar-refractivity contribution in [2.24, 2.45) is 0 Å². The van der Waals surface area contributed by atoms with E-state index in [0.717, 1.165) is 14.7 Å². The zero-order valence-corrected chi connectivity index (χ0v) is 19.3. The van der Waals surface area contributed by atoms with Gasteiger partial charge in [0.05, 0.1) is 4.90 Å². The van der Waals surface area contributed by atoms with Crippen LogP contribution in [0.2, 0.25) is 0 Å². The zero-order valence-electron chi connectivity index (χ0n) is 16.3. The number of amides is 1. The zero-order chi connectivity index (χ0) is 21.2. The summed E-state index contributed by atoms with van der Waals surface area (Å²) < 4.78 is 29.6. The lowest BCUT2D eigenvalue weighted by Crippen LogP contribution is -2.17. The number of anilines is 2. The number of halogens is 1. The molecule has 0 heterocycles. The van der Waals surface area contributed by atoms with Gasteiger partial charge in [-0.1, -0.05) is 12.1 Å². The lowest BCUT2D eigenvalue weighted by Gasteiger charge is -2.13. The minimum atomic E-state index is -3.84. The van der Waals surface area contributed by atoms with Crippen molar-refractivity contribution in [3.63, 3.8) is 0 Å². The first kappa shape index (κ1) is 21.3. The van der Waals surface area contributed by atoms with Crippen molar-refractivity contribution in [2.45, 2.75) is 25.7 Å². The number of hydrogen-bond donors (Lipinski definition) is 2. The third kappa shape index (κ3) is 5.16. The number of carbonyl (C=O) groups excluding carboxylic acids is 1. The minimum absolute atomic E-state index is 0.0750. The van der Waals surface area contributed by atoms with E-state index in [0.29, 0.717) is 16.9 Å². The fraction of sp³-hybridized carbons (Fsp3) is 0.136. The van der Waals surface area contributed by atoms with Crippen LogP contribution in [-0.2, 0) is 10.0 Å². The van der Waals surface area contributed by atoms with E-state index >= 15 is 0 Å². The second-order valence-electron chi connectivity index (χ2n) is 6.85. The summed E-state index contributed by atoms with van der Waals surface area (Å²) in [5.41, 5.74) is 4.04. The molecule has 0 aliphatic carbocycles. The Morgan fingerprint density at radius 3 is 2.07 bits per heavy atom. The molecule has 0 saturated carbocycles. The van der Waals surface area contributed by atoms with Crippen molar-refractivity contribution in [1.29, 1.82) is 0 Å². The molecule has 3 aromatic rings. The van der Waals surface area contributed by atoms with Crippen LogP contribution in [0.1, 0.15) is 27.0 Å². The SMILES string of the molecule is Cc1ccc(NS(=O)(=O)c2cc(C(=O)Nc3ccc(I)cc3)ccc2C)cc1C. The molecule has 0 radical (unpaired) electrons. The van der Waals surface area contributed by atoms with Gasteiger partial charge in [0.1, 0.15) is 0 Å². The van der Waals surface area contributed by atoms with Crippen LogP contribution in [0.3, 0.4) is 0 Å². The highest BCUT2D eigenvalue weighted by molar-refractivity contribution is 14.1. The summed E-state index contributed by atoms with van der Waals surface area (Å²) in [4.78, 5) is 12.7. The van der Waals surface area contributed by atoms with E-state index in [1.807, 2.05) is 32.0 Å². The van der Waals surface area contributed by atoms with Gasteiger partial charge >= 0.3 is 0 Å². The van der Waals surface area contributed by atoms with Crippen LogP contribution in [0.5, 0.6) is 0 Å². The summed E-state index contributed by atoms with van der Waals surface area (Å²) in [6.45, 7) is 5.59. The molecule has 0 aromatic heterocycles. The maximum Gasteiger partial charge on any atom is 0.262 e. The van der Waals surface area contributed by atoms with Crippen LogP contribution in [0.4, 0.5) is 11.4 Å². The standard InChI is InChI=1S/C22H21IN2O3S/c1-14-5-9-20(12-16(14)3)25-29(27,28)21-13-17(6-4-15(21)2)22(26)24-19-10-7-18(23)8-11-19/h4-13,25H,1-3H3,(H,24,26). The molecule has 0 saturated heterocycles. The highest BCUT2D eigenvalue weighted by Gasteiger charge is 2.20. The smallest absolute Gasteiger partial charge is 0.262 e. The predicted octanol–water partition coefficient (Wildman–Crippen LogP) is 5.27. The predicted molar refractivity (Wildman–Crippen MR) is 125 cm³/mol. The second kappa shape index (κ2) is 8.54. The van der Waals surface area contributed by atoms with E-state index in [1.54, 1.807) is 43.3 Å². The minimum Gasteiger partial charge on any atom is -0.322 e. The van der Waals surface area contributed by atoms with Crippen LogP contribution < -0.4 is 10.0 Å². The van der Waals surface area contributed by atoms with Gasteiger partial charge in [0.15, 0.2) is 0 Å². The number of rotatable bonds is 5. The topological polar surface area (TPSA) is 75.3 Å². The average Bonchev–Trinajstić information content (AvgIpc) is 2.66. The van der Waals surface area contributed by atoms with Crippen LogP contribution >= 0.6 is 22.6 Å². The van der Waals surface area contributed by atoms with E-state index in [1.165, 1.54) is 6.07 Å². The molecule has 5 nitrogen and oxygen atoms in total. The average molecular weight is 520 g/mol. The molecule has 150 valence electrons. The monoisotopic (exact) mass is 520 g/mol. The Labute approximate surface area is 184 Å². The Morgan fingerprint density at radius 2 is 1.41 bits per heavy atom. The molecule has 0 aliphatic rings. The van der Waals surface area contributed by atoms with Crippen molar-refractivity contribution in [2.75, 3.05) is 10.0 Å². The fourth-order valence-corrected chi connectivity index (χ4v) is 4.46. The van der Waals surface area contributed by atoms with Crippen molar-refractivity contribution in [3.05, 3.63) is 86.5 Å². The normalized spacial score (nSPS) is 11.2. The molecule has 3 aromatic carbocycles. The molecule has 29 heavy (non-hydrogen) atoms. The summed E-state index contributed by atoms with van der Waals surface area (Å²) in [5.74, 6) is -0.367. The summed E-state index contributed by atoms with van der Waals surface area (Å²) >= 11 is 2.18. The Kier molecular flexibility index (Phi) is 6.28. The van der Waals surface area contributed by atoms with Crippen LogP contribution in [-0.4, -0.2) is 14.3 Å². The van der Waals surface area contributed by atoms with Crippen LogP contribution in [0.15, 0.2) is 65.6 Å². The van der Waals surface area contributed by atoms with Crippen molar-refractivity contribution in [1.82, 2.24) is 0 Å². The number of sulfonamides is 1. The molecule has 0 fully saturated rings. The summed E-state index contributed by atoms with van der Waals surface area (Å²) in [7, 11) is -3.84. The fourth-order valence-electron chi connectivity index (χ4n) is 2.78. The van der Waals surface area contributed by atoms with Gasteiger partial charge in [-0.15, -0.1) is 0 Å². The summed E-state index contributed by atoms with van der Waals surface area (Å²) in [5, 5.41) is 2.79. The third-order valence-corrected chi connectivity index (χ3v) is 6.84. The van der Waals surface area contributed by atoms with E-state index in [-0.39, 0.29) is 16.4 Å². The largest absolute Gasteiger partial charge is 0.322 e. The van der Waals surface area contributed by atoms with Crippen molar-refractivity contribution >= 4 is 49.9 Å². The van der Waals surface area contributed by atoms with E-state index in [4.69, 9.17) is 0 Å². The first-order chi connectivity index (χ1) is 13.7. The highest BCUT2D eigenvalue weighted by Crippen LogP contribution is 2.23. The number of aryl methyl sites for hydroxylation is 3. The van der Waals surface area contributed by atoms with Gasteiger partial charge in [-0.25, -0.2) is 8.42 Å². The Hall–Kier alpha value is -2.39. The Balaban J connectivity index is 1.88.